The molecule has 1 saturated carbocycles. The van der Waals surface area contributed by atoms with E-state index in [1.807, 2.05) is 37.3 Å². The van der Waals surface area contributed by atoms with Crippen molar-refractivity contribution < 1.29 is 9.90 Å². The predicted octanol–water partition coefficient (Wildman–Crippen LogP) is 2.76. The lowest BCUT2D eigenvalue weighted by Gasteiger charge is -2.31. The maximum atomic E-state index is 11.8. The molecule has 98 valence electrons. The van der Waals surface area contributed by atoms with Crippen molar-refractivity contribution in [1.29, 1.82) is 0 Å². The predicted molar refractivity (Wildman–Crippen MR) is 71.4 cm³/mol. The fourth-order valence-electron chi connectivity index (χ4n) is 2.53. The number of carboxylic acids is 1. The molecule has 0 radical (unpaired) electrons. The van der Waals surface area contributed by atoms with Crippen LogP contribution in [0.25, 0.3) is 0 Å². The normalized spacial score (nSPS) is 25.4. The van der Waals surface area contributed by atoms with Gasteiger partial charge in [0.05, 0.1) is 0 Å². The zero-order valence-corrected chi connectivity index (χ0v) is 11.0. The van der Waals surface area contributed by atoms with Crippen LogP contribution in [-0.4, -0.2) is 17.1 Å². The minimum Gasteiger partial charge on any atom is -0.480 e. The Balaban J connectivity index is 2.33. The highest BCUT2D eigenvalue weighted by molar-refractivity contribution is 5.81. The second kappa shape index (κ2) is 5.11. The molecule has 1 aromatic rings. The van der Waals surface area contributed by atoms with Crippen LogP contribution in [0, 0.1) is 5.92 Å². The van der Waals surface area contributed by atoms with Gasteiger partial charge < -0.3 is 5.11 Å². The zero-order valence-electron chi connectivity index (χ0n) is 11.0. The van der Waals surface area contributed by atoms with Gasteiger partial charge in [-0.2, -0.15) is 0 Å². The number of hydrogen-bond acceptors (Lipinski definition) is 2. The first kappa shape index (κ1) is 13.1. The summed E-state index contributed by atoms with van der Waals surface area (Å²) in [5, 5.41) is 13.1. The average molecular weight is 247 g/mol. The quantitative estimate of drug-likeness (QED) is 0.812. The van der Waals surface area contributed by atoms with Crippen molar-refractivity contribution in [3.63, 3.8) is 0 Å². The summed E-state index contributed by atoms with van der Waals surface area (Å²) >= 11 is 0. The summed E-state index contributed by atoms with van der Waals surface area (Å²) in [6.07, 6.45) is 2.54. The second-order valence-electron chi connectivity index (χ2n) is 5.29. The lowest BCUT2D eigenvalue weighted by Crippen LogP contribution is -2.50. The lowest BCUT2D eigenvalue weighted by atomic mass is 9.85. The number of rotatable bonds is 6. The topological polar surface area (TPSA) is 49.3 Å². The van der Waals surface area contributed by atoms with Crippen molar-refractivity contribution in [3.05, 3.63) is 35.9 Å². The van der Waals surface area contributed by atoms with Crippen molar-refractivity contribution in [2.45, 2.75) is 44.7 Å². The maximum Gasteiger partial charge on any atom is 0.328 e. The Hall–Kier alpha value is -1.35. The molecule has 0 spiro atoms. The van der Waals surface area contributed by atoms with Gasteiger partial charge in [0, 0.05) is 6.04 Å². The van der Waals surface area contributed by atoms with E-state index in [0.717, 1.165) is 18.4 Å². The zero-order chi connectivity index (χ0) is 13.2. The van der Waals surface area contributed by atoms with Crippen LogP contribution in [-0.2, 0) is 10.3 Å². The van der Waals surface area contributed by atoms with Crippen molar-refractivity contribution in [2.75, 3.05) is 0 Å². The Morgan fingerprint density at radius 3 is 2.50 bits per heavy atom. The first-order valence-electron chi connectivity index (χ1n) is 6.66. The van der Waals surface area contributed by atoms with Crippen molar-refractivity contribution in [3.8, 4) is 0 Å². The molecule has 1 aliphatic carbocycles. The molecule has 3 nitrogen and oxygen atoms in total. The van der Waals surface area contributed by atoms with E-state index in [2.05, 4.69) is 12.2 Å². The number of hydrogen-bond donors (Lipinski definition) is 2. The lowest BCUT2D eigenvalue weighted by molar-refractivity contribution is -0.146. The molecular weight excluding hydrogens is 226 g/mol. The number of aliphatic carboxylic acids is 1. The Labute approximate surface area is 108 Å². The van der Waals surface area contributed by atoms with E-state index < -0.39 is 11.5 Å². The van der Waals surface area contributed by atoms with E-state index in [0.29, 0.717) is 18.4 Å². The van der Waals surface area contributed by atoms with Crippen LogP contribution in [0.4, 0.5) is 0 Å². The Bertz CT molecular complexity index is 418. The smallest absolute Gasteiger partial charge is 0.328 e. The summed E-state index contributed by atoms with van der Waals surface area (Å²) in [6.45, 7) is 4.18. The van der Waals surface area contributed by atoms with Crippen molar-refractivity contribution in [1.82, 2.24) is 5.32 Å². The third-order valence-corrected chi connectivity index (χ3v) is 3.80. The molecule has 3 atom stereocenters. The first-order chi connectivity index (χ1) is 8.60. The molecule has 2 N–H and O–H groups in total. The van der Waals surface area contributed by atoms with Crippen LogP contribution < -0.4 is 5.32 Å². The number of carboxylic acid groups (broad SMARTS) is 1. The van der Waals surface area contributed by atoms with E-state index >= 15 is 0 Å². The van der Waals surface area contributed by atoms with E-state index in [1.165, 1.54) is 0 Å². The molecule has 0 aromatic heterocycles. The largest absolute Gasteiger partial charge is 0.480 e. The third kappa shape index (κ3) is 2.41. The van der Waals surface area contributed by atoms with Gasteiger partial charge in [0.1, 0.15) is 5.54 Å². The molecule has 0 saturated heterocycles. The van der Waals surface area contributed by atoms with Gasteiger partial charge in [0.25, 0.3) is 0 Å². The minimum atomic E-state index is -0.925. The molecule has 18 heavy (non-hydrogen) atoms. The summed E-state index contributed by atoms with van der Waals surface area (Å²) < 4.78 is 0. The van der Waals surface area contributed by atoms with E-state index in [-0.39, 0.29) is 0 Å². The molecule has 0 aliphatic heterocycles. The van der Waals surface area contributed by atoms with Crippen molar-refractivity contribution >= 4 is 5.97 Å². The molecular formula is C15H21NO2. The highest BCUT2D eigenvalue weighted by atomic mass is 16.4. The average Bonchev–Trinajstić information content (AvgIpc) is 3.05. The SMILES string of the molecule is CCCC(NC1CC1C)(C(=O)O)c1ccccc1. The van der Waals surface area contributed by atoms with Gasteiger partial charge in [-0.05, 0) is 24.3 Å². The molecule has 3 heteroatoms. The molecule has 1 fully saturated rings. The van der Waals surface area contributed by atoms with Crippen LogP contribution in [0.1, 0.15) is 38.7 Å². The summed E-state index contributed by atoms with van der Waals surface area (Å²) in [5.41, 5.74) is -0.0655. The molecule has 1 aliphatic rings. The van der Waals surface area contributed by atoms with Gasteiger partial charge in [0.15, 0.2) is 0 Å². The van der Waals surface area contributed by atoms with E-state index in [4.69, 9.17) is 0 Å². The van der Waals surface area contributed by atoms with Crippen molar-refractivity contribution in [2.24, 2.45) is 5.92 Å². The van der Waals surface area contributed by atoms with Gasteiger partial charge in [-0.3, -0.25) is 5.32 Å². The first-order valence-corrected chi connectivity index (χ1v) is 6.66. The number of carbonyl (C=O) groups is 1. The van der Waals surface area contributed by atoms with Crippen LogP contribution in [0.3, 0.4) is 0 Å². The Kier molecular flexibility index (Phi) is 3.71. The molecule has 1 aromatic carbocycles. The van der Waals surface area contributed by atoms with Gasteiger partial charge in [-0.25, -0.2) is 4.79 Å². The number of nitrogens with one attached hydrogen (secondary N) is 1. The van der Waals surface area contributed by atoms with Gasteiger partial charge in [-0.1, -0.05) is 50.6 Å². The highest BCUT2D eigenvalue weighted by Crippen LogP contribution is 2.36. The fourth-order valence-corrected chi connectivity index (χ4v) is 2.53. The molecule has 2 rings (SSSR count). The fraction of sp³-hybridized carbons (Fsp3) is 0.533. The third-order valence-electron chi connectivity index (χ3n) is 3.80. The second-order valence-corrected chi connectivity index (χ2v) is 5.29. The minimum absolute atomic E-state index is 0.341. The Morgan fingerprint density at radius 2 is 2.06 bits per heavy atom. The maximum absolute atomic E-state index is 11.8. The summed E-state index contributed by atoms with van der Waals surface area (Å²) in [5.74, 6) is -0.182. The van der Waals surface area contributed by atoms with Crippen LogP contribution in [0.2, 0.25) is 0 Å². The molecule has 3 unspecified atom stereocenters. The van der Waals surface area contributed by atoms with Gasteiger partial charge in [0.2, 0.25) is 0 Å². The number of benzene rings is 1. The van der Waals surface area contributed by atoms with Gasteiger partial charge in [-0.15, -0.1) is 0 Å². The van der Waals surface area contributed by atoms with Crippen LogP contribution >= 0.6 is 0 Å². The summed E-state index contributed by atoms with van der Waals surface area (Å²) in [7, 11) is 0. The van der Waals surface area contributed by atoms with E-state index in [1.54, 1.807) is 0 Å². The summed E-state index contributed by atoms with van der Waals surface area (Å²) in [4.78, 5) is 11.8. The molecule has 0 heterocycles. The molecule has 0 amide bonds. The van der Waals surface area contributed by atoms with Crippen LogP contribution in [0.15, 0.2) is 30.3 Å². The van der Waals surface area contributed by atoms with Gasteiger partial charge >= 0.3 is 5.97 Å². The summed E-state index contributed by atoms with van der Waals surface area (Å²) in [6, 6.07) is 9.88. The van der Waals surface area contributed by atoms with E-state index in [9.17, 15) is 9.90 Å². The Morgan fingerprint density at radius 1 is 1.44 bits per heavy atom. The highest BCUT2D eigenvalue weighted by Gasteiger charge is 2.46. The molecule has 0 bridgehead atoms. The standard InChI is InChI=1S/C15H21NO2/c1-3-9-15(14(17)18,16-13-10-11(13)2)12-7-5-4-6-8-12/h4-8,11,13,16H,3,9-10H2,1-2H3,(H,17,18). The van der Waals surface area contributed by atoms with Crippen LogP contribution in [0.5, 0.6) is 0 Å². The monoisotopic (exact) mass is 247 g/mol.